The van der Waals surface area contributed by atoms with E-state index in [-0.39, 0.29) is 6.61 Å². The van der Waals surface area contributed by atoms with Gasteiger partial charge in [-0.25, -0.2) is 4.98 Å². The number of rotatable bonds is 3. The molecule has 0 fully saturated rings. The van der Waals surface area contributed by atoms with Gasteiger partial charge in [0.1, 0.15) is 11.5 Å². The molecular weight excluding hydrogens is 300 g/mol. The van der Waals surface area contributed by atoms with Gasteiger partial charge in [0.2, 0.25) is 0 Å². The summed E-state index contributed by atoms with van der Waals surface area (Å²) in [4.78, 5) is 8.86. The second-order valence-electron chi connectivity index (χ2n) is 6.09. The molecule has 0 saturated heterocycles. The SMILES string of the molecule is C=C1N(C)c2ccccc2N1c1cnc2c(c1)c(C)cn2CCO. The van der Waals surface area contributed by atoms with Crippen molar-refractivity contribution >= 4 is 28.1 Å². The third-order valence-electron chi connectivity index (χ3n) is 4.63. The van der Waals surface area contributed by atoms with Crippen LogP contribution in [0, 0.1) is 6.92 Å². The number of hydrogen-bond donors (Lipinski definition) is 1. The summed E-state index contributed by atoms with van der Waals surface area (Å²) in [6, 6.07) is 10.4. The molecule has 0 radical (unpaired) electrons. The minimum Gasteiger partial charge on any atom is -0.395 e. The van der Waals surface area contributed by atoms with Crippen LogP contribution < -0.4 is 9.80 Å². The van der Waals surface area contributed by atoms with Gasteiger partial charge in [-0.1, -0.05) is 18.7 Å². The molecule has 4 rings (SSSR count). The third kappa shape index (κ3) is 2.02. The first-order valence-electron chi connectivity index (χ1n) is 8.00. The van der Waals surface area contributed by atoms with E-state index in [1.165, 1.54) is 0 Å². The maximum Gasteiger partial charge on any atom is 0.140 e. The zero-order valence-electron chi connectivity index (χ0n) is 13.9. The number of aromatic nitrogens is 2. The Balaban J connectivity index is 1.86. The van der Waals surface area contributed by atoms with Gasteiger partial charge in [0.15, 0.2) is 0 Å². The van der Waals surface area contributed by atoms with Gasteiger partial charge >= 0.3 is 0 Å². The summed E-state index contributed by atoms with van der Waals surface area (Å²) in [7, 11) is 2.02. The van der Waals surface area contributed by atoms with Crippen molar-refractivity contribution < 1.29 is 5.11 Å². The van der Waals surface area contributed by atoms with Crippen LogP contribution in [0.15, 0.2) is 55.1 Å². The van der Waals surface area contributed by atoms with Crippen LogP contribution in [-0.2, 0) is 6.54 Å². The highest BCUT2D eigenvalue weighted by Gasteiger charge is 2.28. The molecule has 0 amide bonds. The molecule has 5 heteroatoms. The van der Waals surface area contributed by atoms with E-state index in [9.17, 15) is 5.11 Å². The fourth-order valence-corrected chi connectivity index (χ4v) is 3.38. The van der Waals surface area contributed by atoms with Crippen molar-refractivity contribution in [3.05, 3.63) is 60.7 Å². The van der Waals surface area contributed by atoms with E-state index in [4.69, 9.17) is 0 Å². The predicted molar refractivity (Wildman–Crippen MR) is 97.7 cm³/mol. The number of nitrogens with zero attached hydrogens (tertiary/aromatic N) is 4. The molecule has 0 spiro atoms. The van der Waals surface area contributed by atoms with Gasteiger partial charge in [-0.15, -0.1) is 0 Å². The van der Waals surface area contributed by atoms with Crippen molar-refractivity contribution in [2.75, 3.05) is 23.5 Å². The number of pyridine rings is 1. The lowest BCUT2D eigenvalue weighted by Crippen LogP contribution is -2.20. The number of benzene rings is 1. The van der Waals surface area contributed by atoms with Crippen LogP contribution in [0.5, 0.6) is 0 Å². The van der Waals surface area contributed by atoms with E-state index in [1.54, 1.807) is 0 Å². The summed E-state index contributed by atoms with van der Waals surface area (Å²) >= 11 is 0. The molecule has 0 unspecified atom stereocenters. The van der Waals surface area contributed by atoms with Crippen molar-refractivity contribution in [2.45, 2.75) is 13.5 Å². The number of para-hydroxylation sites is 2. The van der Waals surface area contributed by atoms with Crippen molar-refractivity contribution in [3.63, 3.8) is 0 Å². The van der Waals surface area contributed by atoms with Gasteiger partial charge in [-0.2, -0.15) is 0 Å². The first-order chi connectivity index (χ1) is 11.6. The largest absolute Gasteiger partial charge is 0.395 e. The Morgan fingerprint density at radius 2 is 1.96 bits per heavy atom. The highest BCUT2D eigenvalue weighted by molar-refractivity contribution is 5.91. The molecule has 24 heavy (non-hydrogen) atoms. The van der Waals surface area contributed by atoms with Crippen LogP contribution in [0.2, 0.25) is 0 Å². The second kappa shape index (κ2) is 5.39. The van der Waals surface area contributed by atoms with Crippen LogP contribution in [-0.4, -0.2) is 28.3 Å². The maximum absolute atomic E-state index is 9.21. The Morgan fingerprint density at radius 1 is 1.21 bits per heavy atom. The van der Waals surface area contributed by atoms with Crippen molar-refractivity contribution in [1.82, 2.24) is 9.55 Å². The molecule has 1 aliphatic rings. The molecule has 0 bridgehead atoms. The molecule has 0 aliphatic carbocycles. The number of hydrogen-bond acceptors (Lipinski definition) is 4. The topological polar surface area (TPSA) is 44.5 Å². The van der Waals surface area contributed by atoms with Crippen LogP contribution in [0.25, 0.3) is 11.0 Å². The quantitative estimate of drug-likeness (QED) is 0.803. The molecule has 0 atom stereocenters. The summed E-state index contributed by atoms with van der Waals surface area (Å²) < 4.78 is 1.99. The Labute approximate surface area is 141 Å². The summed E-state index contributed by atoms with van der Waals surface area (Å²) in [5.41, 5.74) is 5.29. The van der Waals surface area contributed by atoms with Gasteiger partial charge in [0, 0.05) is 25.2 Å². The monoisotopic (exact) mass is 320 g/mol. The third-order valence-corrected chi connectivity index (χ3v) is 4.63. The second-order valence-corrected chi connectivity index (χ2v) is 6.09. The summed E-state index contributed by atoms with van der Waals surface area (Å²) in [5, 5.41) is 10.3. The normalized spacial score (nSPS) is 13.9. The lowest BCUT2D eigenvalue weighted by Gasteiger charge is -2.21. The van der Waals surface area contributed by atoms with E-state index in [0.717, 1.165) is 39.5 Å². The first-order valence-corrected chi connectivity index (χ1v) is 8.00. The predicted octanol–water partition coefficient (Wildman–Crippen LogP) is 3.40. The number of fused-ring (bicyclic) bond motifs is 2. The number of aliphatic hydroxyl groups excluding tert-OH is 1. The number of anilines is 3. The molecule has 2 aromatic heterocycles. The van der Waals surface area contributed by atoms with Gasteiger partial charge in [0.25, 0.3) is 0 Å². The Kier molecular flexibility index (Phi) is 3.32. The lowest BCUT2D eigenvalue weighted by molar-refractivity contribution is 0.278. The molecular formula is C19H20N4O. The molecule has 1 aromatic carbocycles. The molecule has 3 aromatic rings. The Morgan fingerprint density at radius 3 is 2.71 bits per heavy atom. The first kappa shape index (κ1) is 14.8. The average molecular weight is 320 g/mol. The summed E-state index contributed by atoms with van der Waals surface area (Å²) in [6.07, 6.45) is 3.91. The van der Waals surface area contributed by atoms with Crippen molar-refractivity contribution in [1.29, 1.82) is 0 Å². The number of aliphatic hydroxyl groups is 1. The summed E-state index contributed by atoms with van der Waals surface area (Å²) in [5.74, 6) is 0.907. The minimum atomic E-state index is 0.105. The van der Waals surface area contributed by atoms with E-state index in [2.05, 4.69) is 46.5 Å². The van der Waals surface area contributed by atoms with Crippen molar-refractivity contribution in [3.8, 4) is 0 Å². The highest BCUT2D eigenvalue weighted by atomic mass is 16.3. The van der Waals surface area contributed by atoms with Gasteiger partial charge in [-0.3, -0.25) is 4.90 Å². The molecule has 122 valence electrons. The smallest absolute Gasteiger partial charge is 0.140 e. The standard InChI is InChI=1S/C19H20N4O/c1-13-12-22(8-9-24)19-16(13)10-15(11-20-19)23-14(2)21(3)17-6-4-5-7-18(17)23/h4-7,10-12,24H,2,8-9H2,1,3H3. The maximum atomic E-state index is 9.21. The van der Waals surface area contributed by atoms with E-state index < -0.39 is 0 Å². The zero-order chi connectivity index (χ0) is 16.8. The zero-order valence-corrected chi connectivity index (χ0v) is 13.9. The fourth-order valence-electron chi connectivity index (χ4n) is 3.38. The van der Waals surface area contributed by atoms with E-state index >= 15 is 0 Å². The minimum absolute atomic E-state index is 0.105. The molecule has 1 aliphatic heterocycles. The van der Waals surface area contributed by atoms with Crippen LogP contribution >= 0.6 is 0 Å². The molecule has 3 heterocycles. The summed E-state index contributed by atoms with van der Waals surface area (Å²) in [6.45, 7) is 6.96. The van der Waals surface area contributed by atoms with E-state index in [0.29, 0.717) is 6.54 Å². The van der Waals surface area contributed by atoms with Crippen LogP contribution in [0.1, 0.15) is 5.56 Å². The Hall–Kier alpha value is -2.79. The lowest BCUT2D eigenvalue weighted by atomic mass is 10.2. The van der Waals surface area contributed by atoms with Crippen LogP contribution in [0.4, 0.5) is 17.1 Å². The Bertz CT molecular complexity index is 944. The van der Waals surface area contributed by atoms with Gasteiger partial charge in [0.05, 0.1) is 29.9 Å². The molecule has 5 nitrogen and oxygen atoms in total. The average Bonchev–Trinajstić information content (AvgIpc) is 3.03. The van der Waals surface area contributed by atoms with Crippen LogP contribution in [0.3, 0.4) is 0 Å². The van der Waals surface area contributed by atoms with Gasteiger partial charge in [-0.05, 0) is 30.7 Å². The van der Waals surface area contributed by atoms with Gasteiger partial charge < -0.3 is 14.6 Å². The van der Waals surface area contributed by atoms with E-state index in [1.807, 2.05) is 36.1 Å². The molecule has 0 saturated carbocycles. The highest BCUT2D eigenvalue weighted by Crippen LogP contribution is 2.44. The fraction of sp³-hybridized carbons (Fsp3) is 0.211. The molecule has 1 N–H and O–H groups in total. The van der Waals surface area contributed by atoms with Crippen molar-refractivity contribution in [2.24, 2.45) is 0 Å². The number of aryl methyl sites for hydroxylation is 1.